The number of benzene rings is 1. The molecule has 0 aliphatic carbocycles. The van der Waals surface area contributed by atoms with Gasteiger partial charge >= 0.3 is 5.97 Å². The topological polar surface area (TPSA) is 57.6 Å². The summed E-state index contributed by atoms with van der Waals surface area (Å²) in [6.45, 7) is 7.12. The van der Waals surface area contributed by atoms with Crippen LogP contribution in [0.2, 0.25) is 0 Å². The first-order valence-electron chi connectivity index (χ1n) is 7.99. The molecule has 0 saturated carbocycles. The third-order valence-corrected chi connectivity index (χ3v) is 3.62. The molecule has 122 valence electrons. The van der Waals surface area contributed by atoms with Crippen LogP contribution in [0.1, 0.15) is 44.7 Å². The minimum absolute atomic E-state index is 0.00345. The van der Waals surface area contributed by atoms with E-state index in [1.54, 1.807) is 4.90 Å². The van der Waals surface area contributed by atoms with E-state index in [4.69, 9.17) is 5.11 Å². The van der Waals surface area contributed by atoms with Crippen molar-refractivity contribution in [1.29, 1.82) is 0 Å². The van der Waals surface area contributed by atoms with Gasteiger partial charge in [0.15, 0.2) is 0 Å². The van der Waals surface area contributed by atoms with Gasteiger partial charge in [0, 0.05) is 19.5 Å². The molecule has 1 amide bonds. The predicted octanol–water partition coefficient (Wildman–Crippen LogP) is 3.14. The summed E-state index contributed by atoms with van der Waals surface area (Å²) in [5.74, 6) is -0.207. The monoisotopic (exact) mass is 305 g/mol. The molecule has 0 aromatic heterocycles. The first kappa shape index (κ1) is 18.2. The maximum atomic E-state index is 12.1. The second kappa shape index (κ2) is 9.23. The zero-order valence-corrected chi connectivity index (χ0v) is 13.8. The van der Waals surface area contributed by atoms with Crippen LogP contribution in [0.4, 0.5) is 0 Å². The van der Waals surface area contributed by atoms with E-state index in [9.17, 15) is 9.59 Å². The molecule has 0 heterocycles. The molecule has 4 nitrogen and oxygen atoms in total. The van der Waals surface area contributed by atoms with Crippen molar-refractivity contribution in [2.75, 3.05) is 13.1 Å². The van der Waals surface area contributed by atoms with Gasteiger partial charge in [-0.05, 0) is 36.8 Å². The molecule has 0 saturated heterocycles. The van der Waals surface area contributed by atoms with Gasteiger partial charge < -0.3 is 10.0 Å². The maximum Gasteiger partial charge on any atom is 0.305 e. The molecular weight excluding hydrogens is 278 g/mol. The highest BCUT2D eigenvalue weighted by atomic mass is 16.4. The lowest BCUT2D eigenvalue weighted by Crippen LogP contribution is -2.32. The van der Waals surface area contributed by atoms with Crippen LogP contribution in [0, 0.1) is 5.92 Å². The van der Waals surface area contributed by atoms with E-state index in [-0.39, 0.29) is 18.9 Å². The largest absolute Gasteiger partial charge is 0.481 e. The maximum absolute atomic E-state index is 12.1. The number of amides is 1. The highest BCUT2D eigenvalue weighted by Crippen LogP contribution is 2.11. The molecule has 1 N–H and O–H groups in total. The molecule has 22 heavy (non-hydrogen) atoms. The summed E-state index contributed by atoms with van der Waals surface area (Å²) in [6, 6.07) is 8.42. The van der Waals surface area contributed by atoms with Crippen molar-refractivity contribution in [2.45, 2.75) is 46.5 Å². The Hall–Kier alpha value is -1.84. The summed E-state index contributed by atoms with van der Waals surface area (Å²) in [5.41, 5.74) is 2.47. The van der Waals surface area contributed by atoms with Crippen LogP contribution >= 0.6 is 0 Å². The number of nitrogens with zero attached hydrogens (tertiary/aromatic N) is 1. The Bertz CT molecular complexity index is 480. The number of aryl methyl sites for hydroxylation is 1. The molecule has 0 bridgehead atoms. The van der Waals surface area contributed by atoms with E-state index in [1.807, 2.05) is 6.92 Å². The van der Waals surface area contributed by atoms with Gasteiger partial charge in [-0.2, -0.15) is 0 Å². The molecular formula is C18H27NO3. The summed E-state index contributed by atoms with van der Waals surface area (Å²) >= 11 is 0. The van der Waals surface area contributed by atoms with Gasteiger partial charge in [0.25, 0.3) is 0 Å². The summed E-state index contributed by atoms with van der Waals surface area (Å²) in [6.07, 6.45) is 2.20. The van der Waals surface area contributed by atoms with E-state index in [0.29, 0.717) is 25.3 Å². The second-order valence-corrected chi connectivity index (χ2v) is 6.03. The molecule has 1 aromatic carbocycles. The zero-order chi connectivity index (χ0) is 16.5. The predicted molar refractivity (Wildman–Crippen MR) is 87.8 cm³/mol. The number of hydrogen-bond donors (Lipinski definition) is 1. The second-order valence-electron chi connectivity index (χ2n) is 6.03. The Balaban J connectivity index is 2.46. The SMILES string of the molecule is CCN(CCC(=O)O)C(=O)CCc1ccc(CC(C)C)cc1. The van der Waals surface area contributed by atoms with E-state index >= 15 is 0 Å². The van der Waals surface area contributed by atoms with Gasteiger partial charge in [-0.25, -0.2) is 0 Å². The minimum Gasteiger partial charge on any atom is -0.481 e. The first-order chi connectivity index (χ1) is 10.4. The van der Waals surface area contributed by atoms with Crippen molar-refractivity contribution >= 4 is 11.9 Å². The molecule has 0 fully saturated rings. The lowest BCUT2D eigenvalue weighted by atomic mass is 10.0. The quantitative estimate of drug-likeness (QED) is 0.762. The van der Waals surface area contributed by atoms with Crippen molar-refractivity contribution in [3.8, 4) is 0 Å². The summed E-state index contributed by atoms with van der Waals surface area (Å²) in [5, 5.41) is 8.70. The molecule has 1 aromatic rings. The Morgan fingerprint density at radius 2 is 1.68 bits per heavy atom. The number of rotatable bonds is 9. The fourth-order valence-electron chi connectivity index (χ4n) is 2.41. The number of carbonyl (C=O) groups is 2. The van der Waals surface area contributed by atoms with Crippen LogP contribution in [0.3, 0.4) is 0 Å². The summed E-state index contributed by atoms with van der Waals surface area (Å²) in [4.78, 5) is 24.3. The zero-order valence-electron chi connectivity index (χ0n) is 13.8. The number of hydrogen-bond acceptors (Lipinski definition) is 2. The van der Waals surface area contributed by atoms with Gasteiger partial charge in [-0.1, -0.05) is 38.1 Å². The Kier molecular flexibility index (Phi) is 7.64. The number of carbonyl (C=O) groups excluding carboxylic acids is 1. The molecule has 0 aliphatic rings. The number of aliphatic carboxylic acids is 1. The molecule has 1 rings (SSSR count). The van der Waals surface area contributed by atoms with E-state index in [2.05, 4.69) is 38.1 Å². The van der Waals surface area contributed by atoms with Gasteiger partial charge in [0.2, 0.25) is 5.91 Å². The standard InChI is InChI=1S/C18H27NO3/c1-4-19(12-11-18(21)22)17(20)10-9-15-5-7-16(8-6-15)13-14(2)3/h5-8,14H,4,9-13H2,1-3H3,(H,21,22). The van der Waals surface area contributed by atoms with Crippen LogP contribution < -0.4 is 0 Å². The molecule has 0 spiro atoms. The van der Waals surface area contributed by atoms with Gasteiger partial charge in [0.1, 0.15) is 0 Å². The van der Waals surface area contributed by atoms with Crippen molar-refractivity contribution in [3.05, 3.63) is 35.4 Å². The highest BCUT2D eigenvalue weighted by molar-refractivity contribution is 5.77. The van der Waals surface area contributed by atoms with Crippen molar-refractivity contribution in [1.82, 2.24) is 4.90 Å². The van der Waals surface area contributed by atoms with Crippen LogP contribution in [0.25, 0.3) is 0 Å². The van der Waals surface area contributed by atoms with Crippen LogP contribution in [-0.2, 0) is 22.4 Å². The van der Waals surface area contributed by atoms with Crippen molar-refractivity contribution in [2.24, 2.45) is 5.92 Å². The Morgan fingerprint density at radius 3 is 2.18 bits per heavy atom. The minimum atomic E-state index is -0.869. The lowest BCUT2D eigenvalue weighted by Gasteiger charge is -2.20. The van der Waals surface area contributed by atoms with Crippen LogP contribution in [0.5, 0.6) is 0 Å². The first-order valence-corrected chi connectivity index (χ1v) is 7.99. The Labute approximate surface area is 133 Å². The van der Waals surface area contributed by atoms with E-state index in [1.165, 1.54) is 5.56 Å². The van der Waals surface area contributed by atoms with Gasteiger partial charge in [-0.15, -0.1) is 0 Å². The van der Waals surface area contributed by atoms with Gasteiger partial charge in [-0.3, -0.25) is 9.59 Å². The summed E-state index contributed by atoms with van der Waals surface area (Å²) < 4.78 is 0. The van der Waals surface area contributed by atoms with Crippen LogP contribution in [-0.4, -0.2) is 35.0 Å². The fraction of sp³-hybridized carbons (Fsp3) is 0.556. The third-order valence-electron chi connectivity index (χ3n) is 3.62. The molecule has 0 aliphatic heterocycles. The fourth-order valence-corrected chi connectivity index (χ4v) is 2.41. The Morgan fingerprint density at radius 1 is 1.09 bits per heavy atom. The van der Waals surface area contributed by atoms with Crippen molar-refractivity contribution < 1.29 is 14.7 Å². The van der Waals surface area contributed by atoms with E-state index < -0.39 is 5.97 Å². The molecule has 4 heteroatoms. The molecule has 0 atom stereocenters. The van der Waals surface area contributed by atoms with Crippen molar-refractivity contribution in [3.63, 3.8) is 0 Å². The van der Waals surface area contributed by atoms with E-state index in [0.717, 1.165) is 12.0 Å². The van der Waals surface area contributed by atoms with Gasteiger partial charge in [0.05, 0.1) is 6.42 Å². The average molecular weight is 305 g/mol. The number of carboxylic acid groups (broad SMARTS) is 1. The normalized spacial score (nSPS) is 10.7. The summed E-state index contributed by atoms with van der Waals surface area (Å²) in [7, 11) is 0. The molecule has 0 radical (unpaired) electrons. The highest BCUT2D eigenvalue weighted by Gasteiger charge is 2.12. The third kappa shape index (κ3) is 6.74. The lowest BCUT2D eigenvalue weighted by molar-refractivity contribution is -0.138. The average Bonchev–Trinajstić information content (AvgIpc) is 2.46. The smallest absolute Gasteiger partial charge is 0.305 e. The molecule has 0 unspecified atom stereocenters. The van der Waals surface area contributed by atoms with Crippen LogP contribution in [0.15, 0.2) is 24.3 Å². The number of carboxylic acids is 1.